The van der Waals surface area contributed by atoms with Gasteiger partial charge in [-0.1, -0.05) is 12.1 Å². The quantitative estimate of drug-likeness (QED) is 0.571. The number of ether oxygens (including phenoxy) is 1. The van der Waals surface area contributed by atoms with Crippen LogP contribution in [0.1, 0.15) is 12.8 Å². The van der Waals surface area contributed by atoms with E-state index in [9.17, 15) is 9.59 Å². The van der Waals surface area contributed by atoms with Gasteiger partial charge in [-0.25, -0.2) is 0 Å². The number of benzene rings is 2. The minimum atomic E-state index is 0.00262. The minimum absolute atomic E-state index is 0.00262. The fraction of sp³-hybridized carbons (Fsp3) is 0.440. The Balaban J connectivity index is 1.12. The van der Waals surface area contributed by atoms with Crippen molar-refractivity contribution < 1.29 is 14.3 Å². The van der Waals surface area contributed by atoms with Crippen LogP contribution in [0.4, 0.5) is 11.4 Å². The maximum atomic E-state index is 12.3. The van der Waals surface area contributed by atoms with Crippen LogP contribution in [-0.2, 0) is 9.59 Å². The number of nitrogens with one attached hydrogen (secondary N) is 1. The molecule has 7 nitrogen and oxygen atoms in total. The Labute approximate surface area is 200 Å². The van der Waals surface area contributed by atoms with Gasteiger partial charge in [0.2, 0.25) is 11.8 Å². The maximum Gasteiger partial charge on any atom is 0.237 e. The van der Waals surface area contributed by atoms with Crippen LogP contribution < -0.4 is 19.9 Å². The molecule has 1 fully saturated rings. The fourth-order valence-corrected chi connectivity index (χ4v) is 5.19. The summed E-state index contributed by atoms with van der Waals surface area (Å²) in [6, 6.07) is 16.1. The third-order valence-electron chi connectivity index (χ3n) is 6.15. The summed E-state index contributed by atoms with van der Waals surface area (Å²) >= 11 is 1.56. The molecule has 2 aromatic carbocycles. The number of carbonyl (C=O) groups excluding carboxylic acids is 2. The number of hydrogen-bond acceptors (Lipinski definition) is 6. The maximum absolute atomic E-state index is 12.3. The average molecular weight is 469 g/mol. The lowest BCUT2D eigenvalue weighted by Gasteiger charge is -2.36. The van der Waals surface area contributed by atoms with Gasteiger partial charge in [-0.3, -0.25) is 14.5 Å². The Morgan fingerprint density at radius 2 is 1.79 bits per heavy atom. The number of carbonyl (C=O) groups is 2. The zero-order valence-electron chi connectivity index (χ0n) is 19.2. The van der Waals surface area contributed by atoms with E-state index in [1.54, 1.807) is 23.8 Å². The number of piperazine rings is 1. The van der Waals surface area contributed by atoms with Crippen molar-refractivity contribution in [3.05, 3.63) is 48.5 Å². The van der Waals surface area contributed by atoms with Gasteiger partial charge in [0, 0.05) is 56.3 Å². The molecule has 33 heavy (non-hydrogen) atoms. The van der Waals surface area contributed by atoms with Crippen LogP contribution in [0.25, 0.3) is 0 Å². The molecule has 2 aliphatic rings. The van der Waals surface area contributed by atoms with Crippen molar-refractivity contribution in [2.45, 2.75) is 17.7 Å². The first-order valence-corrected chi connectivity index (χ1v) is 12.5. The van der Waals surface area contributed by atoms with Crippen molar-refractivity contribution in [3.63, 3.8) is 0 Å². The van der Waals surface area contributed by atoms with Gasteiger partial charge in [0.05, 0.1) is 18.6 Å². The SMILES string of the molecule is COc1ccc(N2CCN(CCCNC(=O)CCN3C(=O)CSc4ccccc43)CC2)cc1. The van der Waals surface area contributed by atoms with E-state index in [2.05, 4.69) is 27.2 Å². The predicted molar refractivity (Wildman–Crippen MR) is 133 cm³/mol. The first-order valence-electron chi connectivity index (χ1n) is 11.5. The van der Waals surface area contributed by atoms with Crippen LogP contribution in [0.15, 0.2) is 53.4 Å². The van der Waals surface area contributed by atoms with E-state index in [1.165, 1.54) is 5.69 Å². The number of anilines is 2. The summed E-state index contributed by atoms with van der Waals surface area (Å²) in [5.74, 6) is 1.39. The van der Waals surface area contributed by atoms with Crippen molar-refractivity contribution in [1.82, 2.24) is 10.2 Å². The molecule has 0 aromatic heterocycles. The third kappa shape index (κ3) is 6.21. The number of hydrogen-bond donors (Lipinski definition) is 1. The molecule has 0 aliphatic carbocycles. The molecule has 0 bridgehead atoms. The number of methoxy groups -OCH3 is 1. The number of para-hydroxylation sites is 1. The molecule has 0 atom stereocenters. The first kappa shape index (κ1) is 23.4. The summed E-state index contributed by atoms with van der Waals surface area (Å²) in [5, 5.41) is 3.02. The highest BCUT2D eigenvalue weighted by Gasteiger charge is 2.24. The van der Waals surface area contributed by atoms with E-state index in [4.69, 9.17) is 4.74 Å². The Bertz CT molecular complexity index is 945. The Morgan fingerprint density at radius 3 is 2.55 bits per heavy atom. The van der Waals surface area contributed by atoms with Crippen molar-refractivity contribution >= 4 is 35.0 Å². The zero-order valence-corrected chi connectivity index (χ0v) is 20.0. The molecule has 8 heteroatoms. The van der Waals surface area contributed by atoms with Gasteiger partial charge >= 0.3 is 0 Å². The topological polar surface area (TPSA) is 65.1 Å². The molecule has 1 saturated heterocycles. The standard InChI is InChI=1S/C25H32N4O3S/c1-32-21-9-7-20(8-10-21)28-17-15-27(16-18-28)13-4-12-26-24(30)11-14-29-22-5-2-3-6-23(22)33-19-25(29)31/h2-3,5-10H,4,11-19H2,1H3,(H,26,30). The van der Waals surface area contributed by atoms with E-state index in [0.717, 1.165) is 55.5 Å². The summed E-state index contributed by atoms with van der Waals surface area (Å²) in [7, 11) is 1.68. The summed E-state index contributed by atoms with van der Waals surface area (Å²) in [6.45, 7) is 6.12. The van der Waals surface area contributed by atoms with Crippen LogP contribution in [-0.4, -0.2) is 75.4 Å². The van der Waals surface area contributed by atoms with Crippen LogP contribution in [0.2, 0.25) is 0 Å². The number of nitrogens with zero attached hydrogens (tertiary/aromatic N) is 3. The molecule has 1 N–H and O–H groups in total. The molecular weight excluding hydrogens is 436 g/mol. The molecule has 2 aromatic rings. The molecule has 0 unspecified atom stereocenters. The van der Waals surface area contributed by atoms with Crippen LogP contribution in [0.3, 0.4) is 0 Å². The largest absolute Gasteiger partial charge is 0.497 e. The molecule has 2 aliphatic heterocycles. The van der Waals surface area contributed by atoms with Crippen LogP contribution in [0, 0.1) is 0 Å². The highest BCUT2D eigenvalue weighted by molar-refractivity contribution is 8.00. The summed E-state index contributed by atoms with van der Waals surface area (Å²) in [4.78, 5) is 32.3. The molecule has 4 rings (SSSR count). The molecule has 2 heterocycles. The van der Waals surface area contributed by atoms with Gasteiger partial charge in [-0.15, -0.1) is 11.8 Å². The van der Waals surface area contributed by atoms with Gasteiger partial charge in [0.15, 0.2) is 0 Å². The van der Waals surface area contributed by atoms with E-state index < -0.39 is 0 Å². The van der Waals surface area contributed by atoms with Crippen LogP contribution >= 0.6 is 11.8 Å². The Kier molecular flexibility index (Phi) is 8.12. The second-order valence-corrected chi connectivity index (χ2v) is 9.30. The van der Waals surface area contributed by atoms with Gasteiger partial charge in [-0.05, 0) is 49.4 Å². The van der Waals surface area contributed by atoms with Crippen molar-refractivity contribution in [1.29, 1.82) is 0 Å². The Hall–Kier alpha value is -2.71. The number of rotatable bonds is 9. The highest BCUT2D eigenvalue weighted by atomic mass is 32.2. The van der Waals surface area contributed by atoms with E-state index in [0.29, 0.717) is 25.3 Å². The van der Waals surface area contributed by atoms with Crippen molar-refractivity contribution in [3.8, 4) is 5.75 Å². The summed E-state index contributed by atoms with van der Waals surface area (Å²) in [5.41, 5.74) is 2.15. The molecule has 176 valence electrons. The monoisotopic (exact) mass is 468 g/mol. The molecule has 2 amide bonds. The van der Waals surface area contributed by atoms with Crippen molar-refractivity contribution in [2.24, 2.45) is 0 Å². The lowest BCUT2D eigenvalue weighted by molar-refractivity contribution is -0.121. The van der Waals surface area contributed by atoms with Crippen LogP contribution in [0.5, 0.6) is 5.75 Å². The first-order chi connectivity index (χ1) is 16.1. The van der Waals surface area contributed by atoms with Crippen molar-refractivity contribution in [2.75, 3.05) is 68.5 Å². The van der Waals surface area contributed by atoms with Gasteiger partial charge < -0.3 is 19.9 Å². The molecule has 0 radical (unpaired) electrons. The average Bonchev–Trinajstić information content (AvgIpc) is 2.86. The van der Waals surface area contributed by atoms with Gasteiger partial charge in [-0.2, -0.15) is 0 Å². The van der Waals surface area contributed by atoms with E-state index in [-0.39, 0.29) is 11.8 Å². The third-order valence-corrected chi connectivity index (χ3v) is 7.20. The van der Waals surface area contributed by atoms with E-state index in [1.807, 2.05) is 36.4 Å². The number of fused-ring (bicyclic) bond motifs is 1. The molecule has 0 spiro atoms. The minimum Gasteiger partial charge on any atom is -0.497 e. The Morgan fingerprint density at radius 1 is 1.03 bits per heavy atom. The van der Waals surface area contributed by atoms with Gasteiger partial charge in [0.1, 0.15) is 5.75 Å². The second kappa shape index (κ2) is 11.4. The molecule has 0 saturated carbocycles. The second-order valence-electron chi connectivity index (χ2n) is 8.28. The normalized spacial score (nSPS) is 16.5. The lowest BCUT2D eigenvalue weighted by atomic mass is 10.2. The van der Waals surface area contributed by atoms with Gasteiger partial charge in [0.25, 0.3) is 0 Å². The number of thioether (sulfide) groups is 1. The summed E-state index contributed by atoms with van der Waals surface area (Å²) in [6.07, 6.45) is 1.25. The predicted octanol–water partition coefficient (Wildman–Crippen LogP) is 2.85. The smallest absolute Gasteiger partial charge is 0.237 e. The summed E-state index contributed by atoms with van der Waals surface area (Å²) < 4.78 is 5.24. The molecular formula is C25H32N4O3S. The zero-order chi connectivity index (χ0) is 23.0. The van der Waals surface area contributed by atoms with E-state index >= 15 is 0 Å². The lowest BCUT2D eigenvalue weighted by Crippen LogP contribution is -2.47. The fourth-order valence-electron chi connectivity index (χ4n) is 4.25. The number of amides is 2. The highest BCUT2D eigenvalue weighted by Crippen LogP contribution is 2.34.